The van der Waals surface area contributed by atoms with Crippen LogP contribution in [0.3, 0.4) is 0 Å². The first-order valence-electron chi connectivity index (χ1n) is 7.89. The van der Waals surface area contributed by atoms with Gasteiger partial charge in [0.1, 0.15) is 5.03 Å². The summed E-state index contributed by atoms with van der Waals surface area (Å²) in [5.74, 6) is -0.343. The number of carbonyl (C=O) groups is 2. The van der Waals surface area contributed by atoms with Gasteiger partial charge in [0.2, 0.25) is 5.91 Å². The Morgan fingerprint density at radius 3 is 2.54 bits per heavy atom. The Kier molecular flexibility index (Phi) is 6.81. The van der Waals surface area contributed by atoms with Crippen molar-refractivity contribution in [1.82, 2.24) is 15.2 Å². The number of amides is 2. The van der Waals surface area contributed by atoms with Crippen LogP contribution in [-0.2, 0) is 4.79 Å². The molecule has 0 spiro atoms. The van der Waals surface area contributed by atoms with Crippen molar-refractivity contribution in [3.63, 3.8) is 0 Å². The fraction of sp³-hybridized carbons (Fsp3) is 0.278. The van der Waals surface area contributed by atoms with Gasteiger partial charge in [-0.1, -0.05) is 30.0 Å². The smallest absolute Gasteiger partial charge is 0.257 e. The van der Waals surface area contributed by atoms with Crippen molar-refractivity contribution in [2.75, 3.05) is 19.6 Å². The van der Waals surface area contributed by atoms with Crippen LogP contribution in [0.5, 0.6) is 0 Å². The van der Waals surface area contributed by atoms with E-state index in [-0.39, 0.29) is 18.4 Å². The molecule has 0 fully saturated rings. The van der Waals surface area contributed by atoms with Crippen LogP contribution in [0.15, 0.2) is 58.6 Å². The van der Waals surface area contributed by atoms with Crippen molar-refractivity contribution in [1.29, 1.82) is 0 Å². The van der Waals surface area contributed by atoms with Crippen LogP contribution in [0.1, 0.15) is 24.2 Å². The molecule has 0 atom stereocenters. The Labute approximate surface area is 146 Å². The highest BCUT2D eigenvalue weighted by molar-refractivity contribution is 7.99. The predicted octanol–water partition coefficient (Wildman–Crippen LogP) is 2.83. The molecule has 0 aliphatic rings. The van der Waals surface area contributed by atoms with Crippen molar-refractivity contribution in [2.45, 2.75) is 23.8 Å². The third kappa shape index (κ3) is 4.83. The van der Waals surface area contributed by atoms with Crippen LogP contribution in [0.2, 0.25) is 0 Å². The van der Waals surface area contributed by atoms with Gasteiger partial charge in [-0.2, -0.15) is 0 Å². The monoisotopic (exact) mass is 343 g/mol. The first kappa shape index (κ1) is 18.0. The summed E-state index contributed by atoms with van der Waals surface area (Å²) in [4.78, 5) is 31.5. The average Bonchev–Trinajstić information content (AvgIpc) is 2.61. The van der Waals surface area contributed by atoms with E-state index in [1.54, 1.807) is 18.3 Å². The first-order valence-corrected chi connectivity index (χ1v) is 8.71. The second kappa shape index (κ2) is 9.08. The van der Waals surface area contributed by atoms with Crippen LogP contribution >= 0.6 is 11.8 Å². The third-order valence-corrected chi connectivity index (χ3v) is 4.36. The second-order valence-electron chi connectivity index (χ2n) is 5.04. The standard InChI is InChI=1S/C18H21N3O2S/c1-3-19-16(22)13-21(4-2)18(23)15-11-8-12-20-17(15)24-14-9-6-5-7-10-14/h5-12H,3-4,13H2,1-2H3,(H,19,22). The number of carbonyl (C=O) groups excluding carboxylic acids is 2. The summed E-state index contributed by atoms with van der Waals surface area (Å²) in [6.45, 7) is 4.77. The molecule has 6 heteroatoms. The Morgan fingerprint density at radius 2 is 1.88 bits per heavy atom. The zero-order valence-electron chi connectivity index (χ0n) is 13.9. The minimum atomic E-state index is -0.185. The quantitative estimate of drug-likeness (QED) is 0.840. The lowest BCUT2D eigenvalue weighted by molar-refractivity contribution is -0.121. The Morgan fingerprint density at radius 1 is 1.12 bits per heavy atom. The molecule has 0 unspecified atom stereocenters. The van der Waals surface area contributed by atoms with Gasteiger partial charge in [-0.05, 0) is 38.1 Å². The highest BCUT2D eigenvalue weighted by Crippen LogP contribution is 2.28. The molecule has 2 amide bonds. The van der Waals surface area contributed by atoms with Crippen LogP contribution in [0.25, 0.3) is 0 Å². The minimum Gasteiger partial charge on any atom is -0.355 e. The van der Waals surface area contributed by atoms with Gasteiger partial charge in [-0.3, -0.25) is 9.59 Å². The highest BCUT2D eigenvalue weighted by atomic mass is 32.2. The number of likely N-dealkylation sites (N-methyl/N-ethyl adjacent to an activating group) is 2. The number of aromatic nitrogens is 1. The molecule has 1 heterocycles. The number of rotatable bonds is 7. The summed E-state index contributed by atoms with van der Waals surface area (Å²) in [5.41, 5.74) is 0.512. The number of pyridine rings is 1. The van der Waals surface area contributed by atoms with Crippen molar-refractivity contribution < 1.29 is 9.59 Å². The summed E-state index contributed by atoms with van der Waals surface area (Å²) in [6, 6.07) is 13.3. The molecule has 0 saturated heterocycles. The number of nitrogens with one attached hydrogen (secondary N) is 1. The van der Waals surface area contributed by atoms with E-state index in [4.69, 9.17) is 0 Å². The van der Waals surface area contributed by atoms with Crippen LogP contribution < -0.4 is 5.32 Å². The Bertz CT molecular complexity index is 692. The molecule has 126 valence electrons. The molecular formula is C18H21N3O2S. The molecule has 2 rings (SSSR count). The van der Waals surface area contributed by atoms with E-state index in [1.165, 1.54) is 16.7 Å². The fourth-order valence-electron chi connectivity index (χ4n) is 2.16. The molecule has 0 radical (unpaired) electrons. The van der Waals surface area contributed by atoms with E-state index in [9.17, 15) is 9.59 Å². The lowest BCUT2D eigenvalue weighted by Gasteiger charge is -2.21. The maximum Gasteiger partial charge on any atom is 0.257 e. The van der Waals surface area contributed by atoms with E-state index >= 15 is 0 Å². The SMILES string of the molecule is CCNC(=O)CN(CC)C(=O)c1cccnc1Sc1ccccc1. The van der Waals surface area contributed by atoms with Crippen LogP contribution in [-0.4, -0.2) is 41.3 Å². The topological polar surface area (TPSA) is 62.3 Å². The lowest BCUT2D eigenvalue weighted by atomic mass is 10.2. The van der Waals surface area contributed by atoms with Gasteiger partial charge in [0, 0.05) is 24.2 Å². The van der Waals surface area contributed by atoms with Crippen molar-refractivity contribution in [2.24, 2.45) is 0 Å². The van der Waals surface area contributed by atoms with Crippen LogP contribution in [0, 0.1) is 0 Å². The normalized spacial score (nSPS) is 10.2. The lowest BCUT2D eigenvalue weighted by Crippen LogP contribution is -2.40. The maximum absolute atomic E-state index is 12.8. The molecule has 0 aliphatic heterocycles. The molecule has 0 aliphatic carbocycles. The van der Waals surface area contributed by atoms with E-state index < -0.39 is 0 Å². The van der Waals surface area contributed by atoms with E-state index in [0.717, 1.165) is 4.90 Å². The van der Waals surface area contributed by atoms with Gasteiger partial charge in [-0.15, -0.1) is 0 Å². The predicted molar refractivity (Wildman–Crippen MR) is 95.1 cm³/mol. The summed E-state index contributed by atoms with van der Waals surface area (Å²) in [5, 5.41) is 3.36. The average molecular weight is 343 g/mol. The third-order valence-electron chi connectivity index (χ3n) is 3.34. The summed E-state index contributed by atoms with van der Waals surface area (Å²) in [7, 11) is 0. The Balaban J connectivity index is 2.20. The number of hydrogen-bond acceptors (Lipinski definition) is 4. The number of hydrogen-bond donors (Lipinski definition) is 1. The maximum atomic E-state index is 12.8. The van der Waals surface area contributed by atoms with Crippen molar-refractivity contribution in [3.05, 3.63) is 54.2 Å². The van der Waals surface area contributed by atoms with Crippen molar-refractivity contribution >= 4 is 23.6 Å². The summed E-state index contributed by atoms with van der Waals surface area (Å²) >= 11 is 1.44. The molecule has 5 nitrogen and oxygen atoms in total. The molecule has 1 aromatic heterocycles. The Hall–Kier alpha value is -2.34. The van der Waals surface area contributed by atoms with Crippen molar-refractivity contribution in [3.8, 4) is 0 Å². The molecule has 1 N–H and O–H groups in total. The zero-order valence-corrected chi connectivity index (χ0v) is 14.7. The van der Waals surface area contributed by atoms with Gasteiger partial charge < -0.3 is 10.2 Å². The minimum absolute atomic E-state index is 0.0491. The molecular weight excluding hydrogens is 322 g/mol. The molecule has 0 bridgehead atoms. The molecule has 0 saturated carbocycles. The number of benzene rings is 1. The summed E-state index contributed by atoms with van der Waals surface area (Å²) < 4.78 is 0. The van der Waals surface area contributed by atoms with Gasteiger partial charge >= 0.3 is 0 Å². The highest BCUT2D eigenvalue weighted by Gasteiger charge is 2.20. The molecule has 24 heavy (non-hydrogen) atoms. The summed E-state index contributed by atoms with van der Waals surface area (Å²) in [6.07, 6.45) is 1.67. The van der Waals surface area contributed by atoms with Gasteiger partial charge in [0.05, 0.1) is 12.1 Å². The first-order chi connectivity index (χ1) is 11.7. The molecule has 1 aromatic carbocycles. The van der Waals surface area contributed by atoms with E-state index in [2.05, 4.69) is 10.3 Å². The van der Waals surface area contributed by atoms with Gasteiger partial charge in [0.25, 0.3) is 5.91 Å². The van der Waals surface area contributed by atoms with Gasteiger partial charge in [0.15, 0.2) is 0 Å². The van der Waals surface area contributed by atoms with Crippen LogP contribution in [0.4, 0.5) is 0 Å². The second-order valence-corrected chi connectivity index (χ2v) is 6.11. The fourth-order valence-corrected chi connectivity index (χ4v) is 3.05. The number of nitrogens with zero attached hydrogens (tertiary/aromatic N) is 2. The largest absolute Gasteiger partial charge is 0.355 e. The van der Waals surface area contributed by atoms with Gasteiger partial charge in [-0.25, -0.2) is 4.98 Å². The molecule has 2 aromatic rings. The van der Waals surface area contributed by atoms with E-state index in [0.29, 0.717) is 23.7 Å². The van der Waals surface area contributed by atoms with E-state index in [1.807, 2.05) is 44.2 Å². The zero-order chi connectivity index (χ0) is 17.4.